The average molecular weight is 459 g/mol. The molecule has 0 radical (unpaired) electrons. The molecule has 170 valence electrons. The zero-order valence-electron chi connectivity index (χ0n) is 18.1. The molecule has 2 aromatic carbocycles. The van der Waals surface area contributed by atoms with E-state index in [0.29, 0.717) is 35.7 Å². The van der Waals surface area contributed by atoms with Crippen LogP contribution in [0.2, 0.25) is 0 Å². The molecular weight excluding hydrogens is 440 g/mol. The van der Waals surface area contributed by atoms with E-state index >= 15 is 0 Å². The maximum Gasteiger partial charge on any atom is 0.159 e. The standard InChI is InChI=1S/C24H19F2N7O/c1-32-23(5-7-28-32)29-22-12-15(4-6-27-22)16-10-20-24-21(11-16)34-13-17(33(24)31-30-20)8-14-2-3-18(25)19(26)9-14/h2-7,9-12,17H,8,13H2,1H3,(H,27,29)/t17-/m0/s1. The van der Waals surface area contributed by atoms with Crippen molar-refractivity contribution in [3.63, 3.8) is 0 Å². The molecule has 1 aliphatic heterocycles. The van der Waals surface area contributed by atoms with Gasteiger partial charge in [0, 0.05) is 19.3 Å². The quantitative estimate of drug-likeness (QED) is 0.419. The molecule has 0 unspecified atom stereocenters. The van der Waals surface area contributed by atoms with E-state index in [2.05, 4.69) is 25.7 Å². The van der Waals surface area contributed by atoms with Crippen LogP contribution in [0, 0.1) is 11.6 Å². The number of aromatic nitrogens is 6. The second kappa shape index (κ2) is 7.91. The maximum atomic E-state index is 13.6. The second-order valence-electron chi connectivity index (χ2n) is 8.19. The Kier molecular flexibility index (Phi) is 4.72. The summed E-state index contributed by atoms with van der Waals surface area (Å²) in [7, 11) is 1.85. The molecule has 0 aliphatic carbocycles. The normalized spacial score (nSPS) is 14.9. The number of halogens is 2. The van der Waals surface area contributed by atoms with Crippen molar-refractivity contribution in [2.24, 2.45) is 7.05 Å². The summed E-state index contributed by atoms with van der Waals surface area (Å²) < 4.78 is 36.5. The lowest BCUT2D eigenvalue weighted by Crippen LogP contribution is -2.25. The Morgan fingerprint density at radius 1 is 1.03 bits per heavy atom. The van der Waals surface area contributed by atoms with Crippen LogP contribution in [0.1, 0.15) is 11.6 Å². The average Bonchev–Trinajstić information content (AvgIpc) is 3.45. The van der Waals surface area contributed by atoms with Gasteiger partial charge in [-0.3, -0.25) is 4.68 Å². The van der Waals surface area contributed by atoms with Gasteiger partial charge in [0.25, 0.3) is 0 Å². The Labute approximate surface area is 192 Å². The van der Waals surface area contributed by atoms with Crippen LogP contribution >= 0.6 is 0 Å². The first-order valence-electron chi connectivity index (χ1n) is 10.7. The number of hydrogen-bond donors (Lipinski definition) is 1. The van der Waals surface area contributed by atoms with Gasteiger partial charge >= 0.3 is 0 Å². The largest absolute Gasteiger partial charge is 0.489 e. The highest BCUT2D eigenvalue weighted by molar-refractivity contribution is 5.88. The molecule has 3 aromatic heterocycles. The van der Waals surface area contributed by atoms with Crippen LogP contribution in [0.4, 0.5) is 20.4 Å². The molecule has 8 nitrogen and oxygen atoms in total. The Morgan fingerprint density at radius 3 is 2.76 bits per heavy atom. The molecule has 0 spiro atoms. The van der Waals surface area contributed by atoms with Crippen molar-refractivity contribution in [3.8, 4) is 16.9 Å². The molecule has 1 N–H and O–H groups in total. The van der Waals surface area contributed by atoms with Crippen molar-refractivity contribution in [3.05, 3.63) is 78.1 Å². The lowest BCUT2D eigenvalue weighted by Gasteiger charge is -2.24. The third-order valence-corrected chi connectivity index (χ3v) is 5.94. The zero-order valence-corrected chi connectivity index (χ0v) is 18.1. The van der Waals surface area contributed by atoms with Gasteiger partial charge in [0.1, 0.15) is 35.0 Å². The van der Waals surface area contributed by atoms with Crippen molar-refractivity contribution in [1.29, 1.82) is 0 Å². The number of nitrogens with zero attached hydrogens (tertiary/aromatic N) is 6. The molecule has 0 bridgehead atoms. The van der Waals surface area contributed by atoms with Gasteiger partial charge in [0.2, 0.25) is 0 Å². The van der Waals surface area contributed by atoms with E-state index in [1.165, 1.54) is 6.07 Å². The molecule has 0 saturated heterocycles. The minimum absolute atomic E-state index is 0.177. The second-order valence-corrected chi connectivity index (χ2v) is 8.19. The smallest absolute Gasteiger partial charge is 0.159 e. The summed E-state index contributed by atoms with van der Waals surface area (Å²) >= 11 is 0. The summed E-state index contributed by atoms with van der Waals surface area (Å²) in [5.41, 5.74) is 4.01. The molecule has 6 rings (SSSR count). The number of anilines is 2. The summed E-state index contributed by atoms with van der Waals surface area (Å²) in [5, 5.41) is 16.1. The number of nitrogens with one attached hydrogen (secondary N) is 1. The molecule has 34 heavy (non-hydrogen) atoms. The van der Waals surface area contributed by atoms with Gasteiger partial charge < -0.3 is 10.1 Å². The molecule has 0 saturated carbocycles. The predicted octanol–water partition coefficient (Wildman–Crippen LogP) is 4.42. The topological polar surface area (TPSA) is 82.7 Å². The maximum absolute atomic E-state index is 13.6. The molecule has 0 amide bonds. The van der Waals surface area contributed by atoms with Crippen LogP contribution in [0.3, 0.4) is 0 Å². The highest BCUT2D eigenvalue weighted by atomic mass is 19.2. The van der Waals surface area contributed by atoms with Gasteiger partial charge in [-0.05, 0) is 59.5 Å². The fourth-order valence-corrected chi connectivity index (χ4v) is 4.22. The third-order valence-electron chi connectivity index (χ3n) is 5.94. The summed E-state index contributed by atoms with van der Waals surface area (Å²) in [6.45, 7) is 0.345. The lowest BCUT2D eigenvalue weighted by atomic mass is 10.0. The van der Waals surface area contributed by atoms with Crippen LogP contribution in [0.15, 0.2) is 60.9 Å². The Balaban J connectivity index is 1.31. The minimum Gasteiger partial charge on any atom is -0.489 e. The van der Waals surface area contributed by atoms with Crippen molar-refractivity contribution in [1.82, 2.24) is 29.8 Å². The number of ether oxygens (including phenoxy) is 1. The summed E-state index contributed by atoms with van der Waals surface area (Å²) in [6.07, 6.45) is 3.90. The fraction of sp³-hybridized carbons (Fsp3) is 0.167. The van der Waals surface area contributed by atoms with Crippen LogP contribution in [0.25, 0.3) is 22.2 Å². The monoisotopic (exact) mass is 459 g/mol. The van der Waals surface area contributed by atoms with Gasteiger partial charge in [-0.25, -0.2) is 18.4 Å². The molecule has 4 heterocycles. The zero-order chi connectivity index (χ0) is 23.2. The fourth-order valence-electron chi connectivity index (χ4n) is 4.22. The highest BCUT2D eigenvalue weighted by Gasteiger charge is 2.26. The molecule has 0 fully saturated rings. The Hall–Kier alpha value is -4.34. The lowest BCUT2D eigenvalue weighted by molar-refractivity contribution is 0.223. The molecule has 10 heteroatoms. The van der Waals surface area contributed by atoms with E-state index in [0.717, 1.165) is 28.5 Å². The first kappa shape index (κ1) is 20.3. The Morgan fingerprint density at radius 2 is 1.94 bits per heavy atom. The van der Waals surface area contributed by atoms with Crippen molar-refractivity contribution >= 4 is 22.7 Å². The van der Waals surface area contributed by atoms with Gasteiger partial charge in [-0.1, -0.05) is 11.3 Å². The minimum atomic E-state index is -0.863. The van der Waals surface area contributed by atoms with E-state index in [9.17, 15) is 8.78 Å². The first-order valence-corrected chi connectivity index (χ1v) is 10.7. The highest BCUT2D eigenvalue weighted by Crippen LogP contribution is 2.37. The summed E-state index contributed by atoms with van der Waals surface area (Å²) in [5.74, 6) is 0.466. The molecule has 1 aliphatic rings. The number of benzene rings is 2. The van der Waals surface area contributed by atoms with Crippen LogP contribution in [-0.2, 0) is 13.5 Å². The van der Waals surface area contributed by atoms with E-state index in [4.69, 9.17) is 4.74 Å². The van der Waals surface area contributed by atoms with Gasteiger partial charge in [0.15, 0.2) is 11.6 Å². The number of rotatable bonds is 5. The molecule has 1 atom stereocenters. The van der Waals surface area contributed by atoms with Gasteiger partial charge in [0.05, 0.1) is 12.2 Å². The molecular formula is C24H19F2N7O. The van der Waals surface area contributed by atoms with Crippen molar-refractivity contribution < 1.29 is 13.5 Å². The SMILES string of the molecule is Cn1nccc1Nc1cc(-c2cc3c4c(c2)nnn4[C@@H](Cc2ccc(F)c(F)c2)CO3)ccn1. The van der Waals surface area contributed by atoms with Crippen LogP contribution in [0.5, 0.6) is 5.75 Å². The van der Waals surface area contributed by atoms with Crippen molar-refractivity contribution in [2.45, 2.75) is 12.5 Å². The number of hydrogen-bond acceptors (Lipinski definition) is 6. The van der Waals surface area contributed by atoms with Gasteiger partial charge in [-0.15, -0.1) is 5.10 Å². The summed E-state index contributed by atoms with van der Waals surface area (Å²) in [6, 6.07) is 13.4. The molecule has 5 aromatic rings. The summed E-state index contributed by atoms with van der Waals surface area (Å²) in [4.78, 5) is 4.40. The van der Waals surface area contributed by atoms with E-state index in [1.54, 1.807) is 27.8 Å². The van der Waals surface area contributed by atoms with Crippen molar-refractivity contribution in [2.75, 3.05) is 11.9 Å². The Bertz CT molecular complexity index is 1530. The van der Waals surface area contributed by atoms with E-state index in [1.807, 2.05) is 37.4 Å². The van der Waals surface area contributed by atoms with E-state index in [-0.39, 0.29) is 6.04 Å². The van der Waals surface area contributed by atoms with Gasteiger partial charge in [-0.2, -0.15) is 5.10 Å². The number of pyridine rings is 1. The predicted molar refractivity (Wildman–Crippen MR) is 122 cm³/mol. The van der Waals surface area contributed by atoms with Crippen LogP contribution in [-0.4, -0.2) is 36.4 Å². The van der Waals surface area contributed by atoms with E-state index < -0.39 is 11.6 Å². The third kappa shape index (κ3) is 3.53. The van der Waals surface area contributed by atoms with Crippen LogP contribution < -0.4 is 10.1 Å². The number of aryl methyl sites for hydroxylation is 1. The first-order chi connectivity index (χ1) is 16.5.